The van der Waals surface area contributed by atoms with E-state index in [1.807, 2.05) is 12.1 Å². The van der Waals surface area contributed by atoms with E-state index in [-0.39, 0.29) is 0 Å². The predicted molar refractivity (Wildman–Crippen MR) is 101 cm³/mol. The van der Waals surface area contributed by atoms with Crippen molar-refractivity contribution >= 4 is 11.3 Å². The van der Waals surface area contributed by atoms with E-state index in [0.717, 1.165) is 51.7 Å². The van der Waals surface area contributed by atoms with Crippen LogP contribution in [0.4, 0.5) is 0 Å². The van der Waals surface area contributed by atoms with Crippen molar-refractivity contribution in [3.63, 3.8) is 0 Å². The third-order valence-corrected chi connectivity index (χ3v) is 5.16. The third-order valence-electron chi connectivity index (χ3n) is 4.43. The Hall–Kier alpha value is -1.22. The third kappa shape index (κ3) is 6.83. The van der Waals surface area contributed by atoms with Crippen molar-refractivity contribution in [3.05, 3.63) is 46.5 Å². The van der Waals surface area contributed by atoms with Crippen molar-refractivity contribution in [2.75, 3.05) is 52.5 Å². The van der Waals surface area contributed by atoms with Gasteiger partial charge in [0.1, 0.15) is 12.4 Å². The lowest BCUT2D eigenvalue weighted by atomic mass is 10.2. The monoisotopic (exact) mass is 380 g/mol. The van der Waals surface area contributed by atoms with Gasteiger partial charge in [0.05, 0.1) is 32.2 Å². The SMILES string of the molecule is OC(COCc1ccco1)CN(CCN1CCOCC1)Cc1ccsc1. The smallest absolute Gasteiger partial charge is 0.129 e. The number of aliphatic hydroxyl groups excluding tert-OH is 1. The van der Waals surface area contributed by atoms with Gasteiger partial charge in [-0.1, -0.05) is 0 Å². The number of rotatable bonds is 11. The van der Waals surface area contributed by atoms with Crippen LogP contribution in [-0.2, 0) is 22.6 Å². The standard InChI is InChI=1S/C19H28N2O4S/c22-18(14-24-15-19-2-1-8-25-19)13-21(12-17-3-11-26-16-17)5-4-20-6-9-23-10-7-20/h1-3,8,11,16,18,22H,4-7,9-10,12-15H2. The summed E-state index contributed by atoms with van der Waals surface area (Å²) in [6.07, 6.45) is 1.11. The van der Waals surface area contributed by atoms with Crippen LogP contribution in [0.3, 0.4) is 0 Å². The van der Waals surface area contributed by atoms with Gasteiger partial charge >= 0.3 is 0 Å². The summed E-state index contributed by atoms with van der Waals surface area (Å²) in [4.78, 5) is 4.72. The van der Waals surface area contributed by atoms with E-state index in [1.165, 1.54) is 5.56 Å². The summed E-state index contributed by atoms with van der Waals surface area (Å²) in [5.41, 5.74) is 1.29. The van der Waals surface area contributed by atoms with E-state index in [0.29, 0.717) is 19.8 Å². The van der Waals surface area contributed by atoms with E-state index in [4.69, 9.17) is 13.9 Å². The Kier molecular flexibility index (Phi) is 8.13. The summed E-state index contributed by atoms with van der Waals surface area (Å²) in [5.74, 6) is 0.777. The molecule has 0 bridgehead atoms. The van der Waals surface area contributed by atoms with Crippen molar-refractivity contribution in [3.8, 4) is 0 Å². The topological polar surface area (TPSA) is 58.3 Å². The van der Waals surface area contributed by atoms with Crippen molar-refractivity contribution in [2.45, 2.75) is 19.3 Å². The fourth-order valence-corrected chi connectivity index (χ4v) is 3.68. The van der Waals surface area contributed by atoms with Crippen molar-refractivity contribution < 1.29 is 19.0 Å². The summed E-state index contributed by atoms with van der Waals surface area (Å²) >= 11 is 1.71. The zero-order chi connectivity index (χ0) is 18.0. The fraction of sp³-hybridized carbons (Fsp3) is 0.579. The molecule has 2 aromatic rings. The maximum atomic E-state index is 10.4. The minimum absolute atomic E-state index is 0.304. The second-order valence-corrected chi connectivity index (χ2v) is 7.35. The molecule has 1 unspecified atom stereocenters. The summed E-state index contributed by atoms with van der Waals surface area (Å²) in [5, 5.41) is 14.6. The van der Waals surface area contributed by atoms with Crippen LogP contribution in [0.2, 0.25) is 0 Å². The van der Waals surface area contributed by atoms with E-state index in [1.54, 1.807) is 17.6 Å². The maximum Gasteiger partial charge on any atom is 0.129 e. The molecular formula is C19H28N2O4S. The lowest BCUT2D eigenvalue weighted by molar-refractivity contribution is -0.00150. The van der Waals surface area contributed by atoms with Crippen LogP contribution in [0.25, 0.3) is 0 Å². The molecule has 6 nitrogen and oxygen atoms in total. The molecule has 3 heterocycles. The van der Waals surface area contributed by atoms with E-state index >= 15 is 0 Å². The quantitative estimate of drug-likeness (QED) is 0.644. The molecule has 0 radical (unpaired) electrons. The van der Waals surface area contributed by atoms with Gasteiger partial charge in [0.2, 0.25) is 0 Å². The first kappa shape index (κ1) is 19.5. The zero-order valence-corrected chi connectivity index (χ0v) is 15.9. The highest BCUT2D eigenvalue weighted by molar-refractivity contribution is 7.07. The Balaban J connectivity index is 1.43. The Labute approximate surface area is 158 Å². The molecule has 144 valence electrons. The number of aliphatic hydroxyl groups is 1. The molecule has 0 saturated carbocycles. The van der Waals surface area contributed by atoms with Crippen LogP contribution in [-0.4, -0.2) is 73.6 Å². The molecule has 0 spiro atoms. The normalized spacial score (nSPS) is 17.0. The lowest BCUT2D eigenvalue weighted by Crippen LogP contribution is -2.43. The highest BCUT2D eigenvalue weighted by atomic mass is 32.1. The van der Waals surface area contributed by atoms with Gasteiger partial charge in [0.15, 0.2) is 0 Å². The fourth-order valence-electron chi connectivity index (χ4n) is 3.02. The molecule has 3 rings (SSSR count). The molecule has 1 atom stereocenters. The van der Waals surface area contributed by atoms with Gasteiger partial charge < -0.3 is 19.0 Å². The van der Waals surface area contributed by atoms with Crippen LogP contribution in [0.5, 0.6) is 0 Å². The van der Waals surface area contributed by atoms with Crippen LogP contribution in [0.1, 0.15) is 11.3 Å². The molecule has 1 aliphatic rings. The summed E-state index contributed by atoms with van der Waals surface area (Å²) in [6, 6.07) is 5.85. The lowest BCUT2D eigenvalue weighted by Gasteiger charge is -2.30. The van der Waals surface area contributed by atoms with E-state index < -0.39 is 6.10 Å². The number of furan rings is 1. The Morgan fingerprint density at radius 3 is 2.92 bits per heavy atom. The number of thiophene rings is 1. The molecule has 1 fully saturated rings. The number of nitrogens with zero attached hydrogens (tertiary/aromatic N) is 2. The molecule has 7 heteroatoms. The summed E-state index contributed by atoms with van der Waals surface area (Å²) in [6.45, 7) is 7.66. The van der Waals surface area contributed by atoms with Gasteiger partial charge in [-0.25, -0.2) is 0 Å². The minimum atomic E-state index is -0.520. The molecule has 26 heavy (non-hydrogen) atoms. The van der Waals surface area contributed by atoms with Gasteiger partial charge in [-0.15, -0.1) is 0 Å². The molecule has 1 saturated heterocycles. The Bertz CT molecular complexity index is 585. The van der Waals surface area contributed by atoms with Crippen molar-refractivity contribution in [1.29, 1.82) is 0 Å². The van der Waals surface area contributed by atoms with E-state index in [9.17, 15) is 5.11 Å². The largest absolute Gasteiger partial charge is 0.467 e. The molecule has 2 aromatic heterocycles. The Morgan fingerprint density at radius 2 is 2.19 bits per heavy atom. The molecular weight excluding hydrogens is 352 g/mol. The number of morpholine rings is 1. The van der Waals surface area contributed by atoms with Gasteiger partial charge in [-0.05, 0) is 34.5 Å². The highest BCUT2D eigenvalue weighted by Gasteiger charge is 2.16. The average molecular weight is 381 g/mol. The van der Waals surface area contributed by atoms with Crippen molar-refractivity contribution in [2.24, 2.45) is 0 Å². The Morgan fingerprint density at radius 1 is 1.31 bits per heavy atom. The molecule has 0 amide bonds. The van der Waals surface area contributed by atoms with Crippen LogP contribution < -0.4 is 0 Å². The van der Waals surface area contributed by atoms with E-state index in [2.05, 4.69) is 26.6 Å². The maximum absolute atomic E-state index is 10.4. The first-order valence-corrected chi connectivity index (χ1v) is 10.1. The van der Waals surface area contributed by atoms with Gasteiger partial charge in [0, 0.05) is 39.3 Å². The second-order valence-electron chi connectivity index (χ2n) is 6.57. The average Bonchev–Trinajstić information content (AvgIpc) is 3.35. The van der Waals surface area contributed by atoms with Crippen LogP contribution >= 0.6 is 11.3 Å². The van der Waals surface area contributed by atoms with Gasteiger partial charge in [-0.2, -0.15) is 11.3 Å². The molecule has 0 aliphatic carbocycles. The van der Waals surface area contributed by atoms with Crippen molar-refractivity contribution in [1.82, 2.24) is 9.80 Å². The van der Waals surface area contributed by atoms with Gasteiger partial charge in [0.25, 0.3) is 0 Å². The first-order chi connectivity index (χ1) is 12.8. The molecule has 1 aliphatic heterocycles. The molecule has 1 N–H and O–H groups in total. The second kappa shape index (κ2) is 10.8. The number of hydrogen-bond donors (Lipinski definition) is 1. The summed E-state index contributed by atoms with van der Waals surface area (Å²) < 4.78 is 16.2. The minimum Gasteiger partial charge on any atom is -0.467 e. The first-order valence-electron chi connectivity index (χ1n) is 9.11. The van der Waals surface area contributed by atoms with Crippen LogP contribution in [0, 0.1) is 0 Å². The highest BCUT2D eigenvalue weighted by Crippen LogP contribution is 2.11. The zero-order valence-electron chi connectivity index (χ0n) is 15.1. The molecule has 0 aromatic carbocycles. The van der Waals surface area contributed by atoms with Crippen LogP contribution in [0.15, 0.2) is 39.6 Å². The predicted octanol–water partition coefficient (Wildman–Crippen LogP) is 2.05. The summed E-state index contributed by atoms with van der Waals surface area (Å²) in [7, 11) is 0. The van der Waals surface area contributed by atoms with Gasteiger partial charge in [-0.3, -0.25) is 9.80 Å². The number of hydrogen-bond acceptors (Lipinski definition) is 7. The number of ether oxygens (including phenoxy) is 2.